The Balaban J connectivity index is 2.15. The van der Waals surface area contributed by atoms with E-state index in [1.165, 1.54) is 21.3 Å². The van der Waals surface area contributed by atoms with Crippen LogP contribution in [0.4, 0.5) is 0 Å². The van der Waals surface area contributed by atoms with Crippen LogP contribution in [0.25, 0.3) is 0 Å². The molecule has 2 aromatic rings. The number of fused-ring (bicyclic) bond motifs is 1. The van der Waals surface area contributed by atoms with E-state index in [1.807, 2.05) is 30.3 Å². The highest BCUT2D eigenvalue weighted by molar-refractivity contribution is 6.09. The molecule has 0 aliphatic carbocycles. The first-order valence-corrected chi connectivity index (χ1v) is 7.83. The van der Waals surface area contributed by atoms with Crippen molar-refractivity contribution in [3.8, 4) is 17.2 Å². The van der Waals surface area contributed by atoms with E-state index in [2.05, 4.69) is 6.58 Å². The molecule has 1 aliphatic heterocycles. The van der Waals surface area contributed by atoms with Crippen molar-refractivity contribution in [1.29, 1.82) is 0 Å². The lowest BCUT2D eigenvalue weighted by atomic mass is 9.86. The summed E-state index contributed by atoms with van der Waals surface area (Å²) in [6, 6.07) is 12.8. The standard InChI is InChI=1S/C20H20O5/c1-5-15(13-9-7-6-8-10-13)20(24-4)19(21)18-16(23-3)11-14(22-2)12-17(18)25-20/h5-12,15H,1H2,2-4H3/t15-,20+/m0/s1. The minimum absolute atomic E-state index is 0.307. The fourth-order valence-corrected chi connectivity index (χ4v) is 3.17. The van der Waals surface area contributed by atoms with Crippen molar-refractivity contribution < 1.29 is 23.7 Å². The zero-order valence-corrected chi connectivity index (χ0v) is 14.4. The minimum Gasteiger partial charge on any atom is -0.496 e. The van der Waals surface area contributed by atoms with Crippen molar-refractivity contribution in [2.75, 3.05) is 21.3 Å². The van der Waals surface area contributed by atoms with E-state index in [-0.39, 0.29) is 5.78 Å². The largest absolute Gasteiger partial charge is 0.496 e. The first-order chi connectivity index (χ1) is 12.1. The summed E-state index contributed by atoms with van der Waals surface area (Å²) >= 11 is 0. The van der Waals surface area contributed by atoms with E-state index < -0.39 is 11.7 Å². The average Bonchev–Trinajstić information content (AvgIpc) is 2.95. The predicted molar refractivity (Wildman–Crippen MR) is 93.6 cm³/mol. The van der Waals surface area contributed by atoms with Gasteiger partial charge in [0.15, 0.2) is 0 Å². The van der Waals surface area contributed by atoms with Crippen LogP contribution >= 0.6 is 0 Å². The number of hydrogen-bond acceptors (Lipinski definition) is 5. The van der Waals surface area contributed by atoms with Crippen molar-refractivity contribution in [3.63, 3.8) is 0 Å². The third kappa shape index (κ3) is 2.57. The Labute approximate surface area is 146 Å². The Kier molecular flexibility index (Phi) is 4.51. The molecule has 0 saturated carbocycles. The van der Waals surface area contributed by atoms with Crippen LogP contribution in [-0.4, -0.2) is 32.9 Å². The van der Waals surface area contributed by atoms with Crippen LogP contribution in [0.5, 0.6) is 17.2 Å². The molecule has 0 aromatic heterocycles. The first kappa shape index (κ1) is 17.0. The second-order valence-electron chi connectivity index (χ2n) is 5.63. The van der Waals surface area contributed by atoms with E-state index in [4.69, 9.17) is 18.9 Å². The number of carbonyl (C=O) groups excluding carboxylic acids is 1. The highest BCUT2D eigenvalue weighted by atomic mass is 16.7. The van der Waals surface area contributed by atoms with Crippen LogP contribution in [0.3, 0.4) is 0 Å². The molecule has 3 rings (SSSR count). The molecule has 1 heterocycles. The van der Waals surface area contributed by atoms with Crippen molar-refractivity contribution in [2.24, 2.45) is 0 Å². The number of ether oxygens (including phenoxy) is 4. The van der Waals surface area contributed by atoms with Crippen molar-refractivity contribution >= 4 is 5.78 Å². The third-order valence-electron chi connectivity index (χ3n) is 4.41. The van der Waals surface area contributed by atoms with E-state index in [9.17, 15) is 4.79 Å². The number of methoxy groups -OCH3 is 3. The molecule has 1 aliphatic rings. The molecule has 0 N–H and O–H groups in total. The van der Waals surface area contributed by atoms with Crippen molar-refractivity contribution in [3.05, 3.63) is 66.2 Å². The molecule has 0 saturated heterocycles. The molecule has 2 atom stereocenters. The number of Topliss-reactive ketones (excluding diaryl/α,β-unsaturated/α-hetero) is 1. The summed E-state index contributed by atoms with van der Waals surface area (Å²) in [7, 11) is 4.49. The molecule has 130 valence electrons. The van der Waals surface area contributed by atoms with E-state index in [1.54, 1.807) is 18.2 Å². The molecule has 0 spiro atoms. The molecular weight excluding hydrogens is 320 g/mol. The Bertz CT molecular complexity index is 799. The SMILES string of the molecule is C=C[C@@H](c1ccccc1)[C@@]1(OC)Oc2cc(OC)cc(OC)c2C1=O. The van der Waals surface area contributed by atoms with Gasteiger partial charge in [-0.05, 0) is 5.56 Å². The van der Waals surface area contributed by atoms with Crippen LogP contribution in [0, 0.1) is 0 Å². The zero-order chi connectivity index (χ0) is 18.0. The molecule has 25 heavy (non-hydrogen) atoms. The molecule has 5 heteroatoms. The number of hydrogen-bond donors (Lipinski definition) is 0. The summed E-state index contributed by atoms with van der Waals surface area (Å²) in [5.41, 5.74) is 1.21. The first-order valence-electron chi connectivity index (χ1n) is 7.83. The number of carbonyl (C=O) groups is 1. The number of ketones is 1. The van der Waals surface area contributed by atoms with Crippen LogP contribution in [0.2, 0.25) is 0 Å². The maximum Gasteiger partial charge on any atom is 0.285 e. The molecule has 2 aromatic carbocycles. The summed E-state index contributed by atoms with van der Waals surface area (Å²) in [6.07, 6.45) is 1.66. The molecule has 0 unspecified atom stereocenters. The lowest BCUT2D eigenvalue weighted by Crippen LogP contribution is -2.47. The molecule has 5 nitrogen and oxygen atoms in total. The molecule has 0 radical (unpaired) electrons. The Morgan fingerprint density at radius 2 is 1.84 bits per heavy atom. The van der Waals surface area contributed by atoms with Gasteiger partial charge in [0.1, 0.15) is 22.8 Å². The summed E-state index contributed by atoms with van der Waals surface area (Å²) < 4.78 is 22.3. The van der Waals surface area contributed by atoms with Gasteiger partial charge in [-0.15, -0.1) is 6.58 Å². The molecular formula is C20H20O5. The second-order valence-corrected chi connectivity index (χ2v) is 5.63. The summed E-state index contributed by atoms with van der Waals surface area (Å²) in [5, 5.41) is 0. The highest BCUT2D eigenvalue weighted by Crippen LogP contribution is 2.48. The normalized spacial score (nSPS) is 19.7. The Morgan fingerprint density at radius 3 is 2.40 bits per heavy atom. The van der Waals surface area contributed by atoms with Crippen LogP contribution < -0.4 is 14.2 Å². The molecule has 0 amide bonds. The summed E-state index contributed by atoms with van der Waals surface area (Å²) in [6.45, 7) is 3.88. The second kappa shape index (κ2) is 6.61. The Hall–Kier alpha value is -2.79. The lowest BCUT2D eigenvalue weighted by Gasteiger charge is -2.32. The van der Waals surface area contributed by atoms with Gasteiger partial charge in [0.25, 0.3) is 5.79 Å². The summed E-state index contributed by atoms with van der Waals surface area (Å²) in [4.78, 5) is 13.3. The quantitative estimate of drug-likeness (QED) is 0.752. The van der Waals surface area contributed by atoms with Gasteiger partial charge < -0.3 is 18.9 Å². The van der Waals surface area contributed by atoms with Gasteiger partial charge in [0.05, 0.1) is 20.1 Å². The monoisotopic (exact) mass is 340 g/mol. The average molecular weight is 340 g/mol. The maximum atomic E-state index is 13.3. The van der Waals surface area contributed by atoms with Gasteiger partial charge in [-0.1, -0.05) is 36.4 Å². The fraction of sp³-hybridized carbons (Fsp3) is 0.250. The fourth-order valence-electron chi connectivity index (χ4n) is 3.17. The third-order valence-corrected chi connectivity index (χ3v) is 4.41. The van der Waals surface area contributed by atoms with Gasteiger partial charge in [0, 0.05) is 19.2 Å². The Morgan fingerprint density at radius 1 is 1.12 bits per heavy atom. The number of rotatable bonds is 6. The molecule has 0 bridgehead atoms. The predicted octanol–water partition coefficient (Wildman–Crippen LogP) is 3.59. The highest BCUT2D eigenvalue weighted by Gasteiger charge is 2.55. The van der Waals surface area contributed by atoms with Crippen LogP contribution in [-0.2, 0) is 4.74 Å². The van der Waals surface area contributed by atoms with Crippen LogP contribution in [0.1, 0.15) is 21.8 Å². The maximum absolute atomic E-state index is 13.3. The van der Waals surface area contributed by atoms with Gasteiger partial charge in [-0.3, -0.25) is 4.79 Å². The summed E-state index contributed by atoms with van der Waals surface area (Å²) in [5.74, 6) is -1.05. The van der Waals surface area contributed by atoms with Gasteiger partial charge in [0.2, 0.25) is 5.78 Å². The van der Waals surface area contributed by atoms with Gasteiger partial charge in [-0.2, -0.15) is 0 Å². The topological polar surface area (TPSA) is 54.0 Å². The minimum atomic E-state index is -1.54. The molecule has 0 fully saturated rings. The van der Waals surface area contributed by atoms with Crippen LogP contribution in [0.15, 0.2) is 55.1 Å². The lowest BCUT2D eigenvalue weighted by molar-refractivity contribution is -0.126. The zero-order valence-electron chi connectivity index (χ0n) is 14.4. The van der Waals surface area contributed by atoms with Crippen molar-refractivity contribution in [1.82, 2.24) is 0 Å². The smallest absolute Gasteiger partial charge is 0.285 e. The number of benzene rings is 2. The van der Waals surface area contributed by atoms with Crippen molar-refractivity contribution in [2.45, 2.75) is 11.7 Å². The van der Waals surface area contributed by atoms with E-state index in [0.29, 0.717) is 22.8 Å². The van der Waals surface area contributed by atoms with Gasteiger partial charge in [-0.25, -0.2) is 0 Å². The van der Waals surface area contributed by atoms with E-state index in [0.717, 1.165) is 5.56 Å². The van der Waals surface area contributed by atoms with E-state index >= 15 is 0 Å². The van der Waals surface area contributed by atoms with Gasteiger partial charge >= 0.3 is 0 Å².